The summed E-state index contributed by atoms with van der Waals surface area (Å²) in [6.07, 6.45) is 0.908. The maximum atomic E-state index is 11.9. The van der Waals surface area contributed by atoms with Crippen molar-refractivity contribution in [2.24, 2.45) is 0 Å². The van der Waals surface area contributed by atoms with Crippen LogP contribution in [0.5, 0.6) is 0 Å². The number of rotatable bonds is 5. The molecule has 0 bridgehead atoms. The lowest BCUT2D eigenvalue weighted by Gasteiger charge is -2.16. The molecule has 1 atom stereocenters. The molecule has 0 aliphatic carbocycles. The molecule has 0 amide bonds. The first kappa shape index (κ1) is 16.7. The Hall–Kier alpha value is -2.10. The highest BCUT2D eigenvalue weighted by Gasteiger charge is 2.11. The highest BCUT2D eigenvalue weighted by Crippen LogP contribution is 2.24. The number of halogens is 1. The topological polar surface area (TPSA) is 42.2 Å². The third-order valence-electron chi connectivity index (χ3n) is 4.27. The Morgan fingerprint density at radius 1 is 1.17 bits per heavy atom. The predicted octanol–water partition coefficient (Wildman–Crippen LogP) is 4.86. The Balaban J connectivity index is 1.87. The summed E-state index contributed by atoms with van der Waals surface area (Å²) in [5, 5.41) is 5.14. The minimum atomic E-state index is -0.321. The second kappa shape index (κ2) is 7.20. The van der Waals surface area contributed by atoms with Crippen molar-refractivity contribution >= 4 is 22.6 Å². The van der Waals surface area contributed by atoms with Gasteiger partial charge in [0.1, 0.15) is 5.58 Å². The first-order chi connectivity index (χ1) is 11.6. The van der Waals surface area contributed by atoms with E-state index in [0.29, 0.717) is 12.1 Å². The normalized spacial score (nSPS) is 12.5. The fraction of sp³-hybridized carbons (Fsp3) is 0.250. The Morgan fingerprint density at radius 3 is 2.71 bits per heavy atom. The summed E-state index contributed by atoms with van der Waals surface area (Å²) in [6, 6.07) is 15.4. The van der Waals surface area contributed by atoms with Crippen LogP contribution in [0.25, 0.3) is 11.0 Å². The molecule has 0 radical (unpaired) electrons. The summed E-state index contributed by atoms with van der Waals surface area (Å²) in [4.78, 5) is 11.9. The van der Waals surface area contributed by atoms with Crippen LogP contribution in [0.1, 0.15) is 36.6 Å². The highest BCUT2D eigenvalue weighted by molar-refractivity contribution is 6.31. The lowest BCUT2D eigenvalue weighted by atomic mass is 10.0. The maximum Gasteiger partial charge on any atom is 0.336 e. The first-order valence-corrected chi connectivity index (χ1v) is 8.49. The largest absolute Gasteiger partial charge is 0.423 e. The lowest BCUT2D eigenvalue weighted by Crippen LogP contribution is -2.19. The molecule has 0 aliphatic heterocycles. The van der Waals surface area contributed by atoms with Crippen LogP contribution < -0.4 is 10.9 Å². The number of hydrogen-bond acceptors (Lipinski definition) is 3. The zero-order valence-corrected chi connectivity index (χ0v) is 14.6. The molecular weight excluding hydrogens is 322 g/mol. The quantitative estimate of drug-likeness (QED) is 0.674. The number of nitrogens with one attached hydrogen (secondary N) is 1. The average Bonchev–Trinajstić information content (AvgIpc) is 2.59. The van der Waals surface area contributed by atoms with Crippen molar-refractivity contribution in [1.82, 2.24) is 5.32 Å². The molecule has 0 saturated carbocycles. The summed E-state index contributed by atoms with van der Waals surface area (Å²) in [5.74, 6) is 0. The molecule has 1 N–H and O–H groups in total. The molecule has 1 aromatic heterocycles. The summed E-state index contributed by atoms with van der Waals surface area (Å²) in [7, 11) is 0. The van der Waals surface area contributed by atoms with E-state index in [1.807, 2.05) is 36.4 Å². The second-order valence-corrected chi connectivity index (χ2v) is 6.31. The summed E-state index contributed by atoms with van der Waals surface area (Å²) >= 11 is 6.25. The minimum Gasteiger partial charge on any atom is -0.423 e. The minimum absolute atomic E-state index is 0.0795. The maximum absolute atomic E-state index is 11.9. The van der Waals surface area contributed by atoms with Gasteiger partial charge in [0.25, 0.3) is 0 Å². The van der Waals surface area contributed by atoms with Crippen LogP contribution in [0, 0.1) is 0 Å². The molecule has 0 saturated heterocycles. The SMILES string of the molecule is CCc1ccc2c(CN[C@H](C)c3ccccc3Cl)cc(=O)oc2c1. The molecule has 3 nitrogen and oxygen atoms in total. The Bertz CT molecular complexity index is 917. The molecule has 3 aromatic rings. The van der Waals surface area contributed by atoms with Gasteiger partial charge in [-0.25, -0.2) is 4.79 Å². The van der Waals surface area contributed by atoms with Gasteiger partial charge < -0.3 is 9.73 Å². The Labute approximate surface area is 146 Å². The lowest BCUT2D eigenvalue weighted by molar-refractivity contribution is 0.547. The van der Waals surface area contributed by atoms with Crippen molar-refractivity contribution in [3.63, 3.8) is 0 Å². The molecule has 0 fully saturated rings. The van der Waals surface area contributed by atoms with Gasteiger partial charge in [-0.2, -0.15) is 0 Å². The van der Waals surface area contributed by atoms with Gasteiger partial charge in [-0.05, 0) is 42.2 Å². The van der Waals surface area contributed by atoms with E-state index in [2.05, 4.69) is 25.2 Å². The van der Waals surface area contributed by atoms with Gasteiger partial charge in [-0.15, -0.1) is 0 Å². The van der Waals surface area contributed by atoms with Gasteiger partial charge in [-0.3, -0.25) is 0 Å². The van der Waals surface area contributed by atoms with Crippen LogP contribution >= 0.6 is 11.6 Å². The van der Waals surface area contributed by atoms with E-state index in [9.17, 15) is 4.79 Å². The van der Waals surface area contributed by atoms with Crippen LogP contribution in [0.3, 0.4) is 0 Å². The van der Waals surface area contributed by atoms with Crippen molar-refractivity contribution in [3.8, 4) is 0 Å². The molecule has 24 heavy (non-hydrogen) atoms. The van der Waals surface area contributed by atoms with E-state index in [0.717, 1.165) is 33.5 Å². The molecule has 0 aliphatic rings. The van der Waals surface area contributed by atoms with Gasteiger partial charge in [0.2, 0.25) is 0 Å². The molecule has 124 valence electrons. The molecular formula is C20H20ClNO2. The summed E-state index contributed by atoms with van der Waals surface area (Å²) in [5.41, 5.74) is 3.45. The van der Waals surface area contributed by atoms with Crippen molar-refractivity contribution in [2.75, 3.05) is 0 Å². The van der Waals surface area contributed by atoms with E-state index in [1.54, 1.807) is 6.07 Å². The Kier molecular flexibility index (Phi) is 5.03. The fourth-order valence-electron chi connectivity index (χ4n) is 2.84. The summed E-state index contributed by atoms with van der Waals surface area (Å²) < 4.78 is 5.35. The third kappa shape index (κ3) is 3.53. The fourth-order valence-corrected chi connectivity index (χ4v) is 3.14. The summed E-state index contributed by atoms with van der Waals surface area (Å²) in [6.45, 7) is 4.71. The first-order valence-electron chi connectivity index (χ1n) is 8.12. The molecule has 2 aromatic carbocycles. The van der Waals surface area contributed by atoms with Crippen LogP contribution in [-0.4, -0.2) is 0 Å². The highest BCUT2D eigenvalue weighted by atomic mass is 35.5. The van der Waals surface area contributed by atoms with Crippen molar-refractivity contribution < 1.29 is 4.42 Å². The average molecular weight is 342 g/mol. The second-order valence-electron chi connectivity index (χ2n) is 5.90. The van der Waals surface area contributed by atoms with Gasteiger partial charge >= 0.3 is 5.63 Å². The number of fused-ring (bicyclic) bond motifs is 1. The van der Waals surface area contributed by atoms with Gasteiger partial charge in [0.15, 0.2) is 0 Å². The molecule has 0 unspecified atom stereocenters. The van der Waals surface area contributed by atoms with Gasteiger partial charge in [0.05, 0.1) is 0 Å². The number of hydrogen-bond donors (Lipinski definition) is 1. The van der Waals surface area contributed by atoms with Crippen molar-refractivity contribution in [1.29, 1.82) is 0 Å². The molecule has 1 heterocycles. The van der Waals surface area contributed by atoms with E-state index in [1.165, 1.54) is 0 Å². The van der Waals surface area contributed by atoms with Crippen LogP contribution in [0.4, 0.5) is 0 Å². The number of aryl methyl sites for hydroxylation is 1. The standard InChI is InChI=1S/C20H20ClNO2/c1-3-14-8-9-17-15(11-20(23)24-19(17)10-14)12-22-13(2)16-6-4-5-7-18(16)21/h4-11,13,22H,3,12H2,1-2H3/t13-/m1/s1. The Morgan fingerprint density at radius 2 is 1.96 bits per heavy atom. The van der Waals surface area contributed by atoms with Crippen LogP contribution in [0.2, 0.25) is 5.02 Å². The van der Waals surface area contributed by atoms with E-state index < -0.39 is 0 Å². The third-order valence-corrected chi connectivity index (χ3v) is 4.62. The molecule has 4 heteroatoms. The van der Waals surface area contributed by atoms with Crippen LogP contribution in [-0.2, 0) is 13.0 Å². The zero-order chi connectivity index (χ0) is 17.1. The van der Waals surface area contributed by atoms with Gasteiger partial charge in [-0.1, -0.05) is 48.9 Å². The zero-order valence-electron chi connectivity index (χ0n) is 13.8. The smallest absolute Gasteiger partial charge is 0.336 e. The van der Waals surface area contributed by atoms with E-state index >= 15 is 0 Å². The monoisotopic (exact) mass is 341 g/mol. The van der Waals surface area contributed by atoms with Gasteiger partial charge in [0, 0.05) is 29.1 Å². The van der Waals surface area contributed by atoms with E-state index in [4.69, 9.17) is 16.0 Å². The molecule has 3 rings (SSSR count). The van der Waals surface area contributed by atoms with Crippen molar-refractivity contribution in [3.05, 3.63) is 80.7 Å². The number of benzene rings is 2. The molecule has 0 spiro atoms. The van der Waals surface area contributed by atoms with Crippen molar-refractivity contribution in [2.45, 2.75) is 32.9 Å². The predicted molar refractivity (Wildman–Crippen MR) is 98.6 cm³/mol. The van der Waals surface area contributed by atoms with Crippen LogP contribution in [0.15, 0.2) is 57.7 Å². The van der Waals surface area contributed by atoms with E-state index in [-0.39, 0.29) is 11.7 Å².